The van der Waals surface area contributed by atoms with Gasteiger partial charge >= 0.3 is 18.9 Å². The van der Waals surface area contributed by atoms with E-state index >= 15 is 0 Å². The fourth-order valence-electron chi connectivity index (χ4n) is 0.262. The molecule has 1 heterocycles. The van der Waals surface area contributed by atoms with Crippen molar-refractivity contribution in [3.8, 4) is 0 Å². The molecule has 0 aliphatic heterocycles. The Bertz CT molecular complexity index is 188. The Morgan fingerprint density at radius 1 is 1.78 bits per heavy atom. The summed E-state index contributed by atoms with van der Waals surface area (Å²) in [6, 6.07) is 0. The molecule has 0 bridgehead atoms. The van der Waals surface area contributed by atoms with E-state index in [1.807, 2.05) is 0 Å². The summed E-state index contributed by atoms with van der Waals surface area (Å²) < 4.78 is 0. The Labute approximate surface area is 67.1 Å². The first kappa shape index (κ1) is 8.63. The first-order valence-corrected chi connectivity index (χ1v) is 2.66. The van der Waals surface area contributed by atoms with Crippen LogP contribution in [0.5, 0.6) is 0 Å². The molecule has 1 aromatic rings. The maximum atomic E-state index is 9.86. The number of hydrogen-bond donors (Lipinski definition) is 0. The number of carboxylic acid groups (broad SMARTS) is 1. The molecule has 0 aromatic carbocycles. The monoisotopic (exact) mass is 136 g/mol. The molecule has 9 heavy (non-hydrogen) atoms. The van der Waals surface area contributed by atoms with Gasteiger partial charge in [-0.15, -0.1) is 10.2 Å². The van der Waals surface area contributed by atoms with Crippen LogP contribution < -0.4 is 24.0 Å². The van der Waals surface area contributed by atoms with Crippen LogP contribution in [-0.2, 0) is 0 Å². The Kier molecular flexibility index (Phi) is 3.46. The van der Waals surface area contributed by atoms with E-state index in [1.165, 1.54) is 5.51 Å². The summed E-state index contributed by atoms with van der Waals surface area (Å²) in [5, 5.41) is 16.3. The Balaban J connectivity index is 0.000000640. The molecule has 0 radical (unpaired) electrons. The van der Waals surface area contributed by atoms with Gasteiger partial charge in [-0.05, 0) is 0 Å². The van der Waals surface area contributed by atoms with Crippen LogP contribution in [0, 0.1) is 0 Å². The largest absolute Gasteiger partial charge is 1.00 e. The first-order chi connectivity index (χ1) is 3.80. The van der Waals surface area contributed by atoms with Gasteiger partial charge in [-0.2, -0.15) is 0 Å². The zero-order valence-corrected chi connectivity index (χ0v) is 5.51. The van der Waals surface area contributed by atoms with Gasteiger partial charge < -0.3 is 9.90 Å². The Morgan fingerprint density at radius 3 is 2.67 bits per heavy atom. The van der Waals surface area contributed by atoms with Crippen LogP contribution in [0.15, 0.2) is 5.51 Å². The maximum Gasteiger partial charge on any atom is 1.00 e. The predicted molar refractivity (Wildman–Crippen MR) is 24.2 cm³/mol. The molecule has 0 saturated carbocycles. The summed E-state index contributed by atoms with van der Waals surface area (Å²) in [5.41, 5.74) is 1.34. The molecular formula is C3HLiN2O2S. The number of nitrogens with zero attached hydrogens (tertiary/aromatic N) is 2. The van der Waals surface area contributed by atoms with Crippen molar-refractivity contribution < 1.29 is 28.8 Å². The van der Waals surface area contributed by atoms with Crippen LogP contribution in [0.2, 0.25) is 0 Å². The Hall–Kier alpha value is -0.373. The van der Waals surface area contributed by atoms with Crippen molar-refractivity contribution in [1.29, 1.82) is 0 Å². The topological polar surface area (TPSA) is 65.9 Å². The molecule has 4 nitrogen and oxygen atoms in total. The van der Waals surface area contributed by atoms with E-state index in [2.05, 4.69) is 10.2 Å². The SMILES string of the molecule is O=C([O-])c1nncs1.[Li+]. The van der Waals surface area contributed by atoms with Crippen molar-refractivity contribution >= 4 is 17.3 Å². The van der Waals surface area contributed by atoms with Crippen LogP contribution in [0.3, 0.4) is 0 Å². The van der Waals surface area contributed by atoms with E-state index in [0.717, 1.165) is 11.3 Å². The molecule has 0 spiro atoms. The summed E-state index contributed by atoms with van der Waals surface area (Å²) >= 11 is 0.947. The molecule has 0 unspecified atom stereocenters. The second kappa shape index (κ2) is 3.61. The number of aromatic carboxylic acids is 1. The fourth-order valence-corrected chi connectivity index (χ4v) is 0.647. The molecule has 1 rings (SSSR count). The number of aromatic nitrogens is 2. The van der Waals surface area contributed by atoms with Crippen LogP contribution in [-0.4, -0.2) is 16.2 Å². The van der Waals surface area contributed by atoms with Gasteiger partial charge in [0, 0.05) is 0 Å². The van der Waals surface area contributed by atoms with E-state index in [0.29, 0.717) is 0 Å². The number of carbonyl (C=O) groups is 1. The molecule has 42 valence electrons. The van der Waals surface area contributed by atoms with E-state index < -0.39 is 5.97 Å². The zero-order chi connectivity index (χ0) is 5.98. The molecule has 1 aromatic heterocycles. The summed E-state index contributed by atoms with van der Waals surface area (Å²) in [5.74, 6) is -1.27. The summed E-state index contributed by atoms with van der Waals surface area (Å²) in [6.45, 7) is 0. The molecule has 0 atom stereocenters. The van der Waals surface area contributed by atoms with Crippen molar-refractivity contribution in [2.24, 2.45) is 0 Å². The third-order valence-corrected chi connectivity index (χ3v) is 1.21. The van der Waals surface area contributed by atoms with Gasteiger partial charge in [0.05, 0.1) is 0 Å². The predicted octanol–water partition coefficient (Wildman–Crippen LogP) is -4.09. The molecule has 0 amide bonds. The van der Waals surface area contributed by atoms with Crippen LogP contribution in [0.4, 0.5) is 0 Å². The van der Waals surface area contributed by atoms with Gasteiger partial charge in [-0.25, -0.2) is 0 Å². The average Bonchev–Trinajstić information content (AvgIpc) is 2.12. The van der Waals surface area contributed by atoms with Crippen molar-refractivity contribution in [2.75, 3.05) is 0 Å². The minimum absolute atomic E-state index is 0. The molecule has 0 saturated heterocycles. The Morgan fingerprint density at radius 2 is 2.44 bits per heavy atom. The average molecular weight is 136 g/mol. The standard InChI is InChI=1S/C3H2N2O2S.Li/c6-3(7)2-5-4-1-8-2;/h1H,(H,6,7);/q;+1/p-1. The van der Waals surface area contributed by atoms with Gasteiger partial charge in [-0.1, -0.05) is 11.3 Å². The van der Waals surface area contributed by atoms with Crippen LogP contribution >= 0.6 is 11.3 Å². The van der Waals surface area contributed by atoms with E-state index in [9.17, 15) is 9.90 Å². The van der Waals surface area contributed by atoms with Gasteiger partial charge in [0.2, 0.25) is 0 Å². The van der Waals surface area contributed by atoms with E-state index in [-0.39, 0.29) is 23.9 Å². The van der Waals surface area contributed by atoms with Crippen molar-refractivity contribution in [2.45, 2.75) is 0 Å². The molecule has 0 aliphatic rings. The molecule has 0 aliphatic carbocycles. The summed E-state index contributed by atoms with van der Waals surface area (Å²) in [7, 11) is 0. The smallest absolute Gasteiger partial charge is 0.542 e. The third-order valence-electron chi connectivity index (χ3n) is 0.535. The molecular weight excluding hydrogens is 135 g/mol. The van der Waals surface area contributed by atoms with Crippen LogP contribution in [0.1, 0.15) is 9.80 Å². The normalized spacial score (nSPS) is 8.00. The fraction of sp³-hybridized carbons (Fsp3) is 0. The number of carboxylic acids is 1. The molecule has 0 N–H and O–H groups in total. The molecule has 0 fully saturated rings. The number of carbonyl (C=O) groups excluding carboxylic acids is 1. The van der Waals surface area contributed by atoms with Gasteiger partial charge in [0.25, 0.3) is 0 Å². The first-order valence-electron chi connectivity index (χ1n) is 1.78. The molecule has 6 heteroatoms. The second-order valence-corrected chi connectivity index (χ2v) is 1.86. The van der Waals surface area contributed by atoms with Gasteiger partial charge in [-0.3, -0.25) is 0 Å². The van der Waals surface area contributed by atoms with E-state index in [4.69, 9.17) is 0 Å². The van der Waals surface area contributed by atoms with Gasteiger partial charge in [0.15, 0.2) is 5.01 Å². The van der Waals surface area contributed by atoms with Crippen molar-refractivity contribution in [1.82, 2.24) is 10.2 Å². The number of hydrogen-bond acceptors (Lipinski definition) is 5. The van der Waals surface area contributed by atoms with Crippen molar-refractivity contribution in [3.05, 3.63) is 10.5 Å². The van der Waals surface area contributed by atoms with E-state index in [1.54, 1.807) is 0 Å². The van der Waals surface area contributed by atoms with Crippen molar-refractivity contribution in [3.63, 3.8) is 0 Å². The quantitative estimate of drug-likeness (QED) is 0.368. The minimum atomic E-state index is -1.27. The number of rotatable bonds is 1. The minimum Gasteiger partial charge on any atom is -0.542 e. The maximum absolute atomic E-state index is 9.86. The second-order valence-electron chi connectivity index (χ2n) is 1.03. The van der Waals surface area contributed by atoms with Crippen LogP contribution in [0.25, 0.3) is 0 Å². The summed E-state index contributed by atoms with van der Waals surface area (Å²) in [4.78, 5) is 9.86. The third kappa shape index (κ3) is 2.14. The van der Waals surface area contributed by atoms with Gasteiger partial charge in [0.1, 0.15) is 11.5 Å². The zero-order valence-electron chi connectivity index (χ0n) is 4.70. The summed E-state index contributed by atoms with van der Waals surface area (Å²) in [6.07, 6.45) is 0.